The largest absolute Gasteiger partial charge is 0.394 e. The summed E-state index contributed by atoms with van der Waals surface area (Å²) in [5.41, 5.74) is 0.604. The number of ether oxygens (including phenoxy) is 1. The van der Waals surface area contributed by atoms with E-state index in [9.17, 15) is 20.1 Å². The van der Waals surface area contributed by atoms with Gasteiger partial charge < -0.3 is 29.9 Å². The highest BCUT2D eigenvalue weighted by Crippen LogP contribution is 2.28. The highest BCUT2D eigenvalue weighted by molar-refractivity contribution is 5.48. The van der Waals surface area contributed by atoms with E-state index in [1.807, 2.05) is 23.1 Å². The number of para-hydroxylation sites is 1. The number of anilines is 2. The maximum absolute atomic E-state index is 12.5. The first-order valence-corrected chi connectivity index (χ1v) is 9.35. The molecule has 0 aliphatic carbocycles. The molecule has 4 rings (SSSR count). The SMILES string of the molecule is O=c1nc(N2CCN(c3ccccc3)CC2)ccn1C1OC(CO)C(O)C1O. The van der Waals surface area contributed by atoms with Gasteiger partial charge in [0.15, 0.2) is 6.23 Å². The molecule has 2 aliphatic rings. The minimum Gasteiger partial charge on any atom is -0.394 e. The summed E-state index contributed by atoms with van der Waals surface area (Å²) in [7, 11) is 0. The molecule has 4 unspecified atom stereocenters. The smallest absolute Gasteiger partial charge is 0.351 e. The Morgan fingerprint density at radius 3 is 2.29 bits per heavy atom. The van der Waals surface area contributed by atoms with E-state index < -0.39 is 36.8 Å². The van der Waals surface area contributed by atoms with Crippen molar-refractivity contribution in [1.82, 2.24) is 9.55 Å². The lowest BCUT2D eigenvalue weighted by atomic mass is 10.1. The molecule has 0 radical (unpaired) electrons. The summed E-state index contributed by atoms with van der Waals surface area (Å²) in [5, 5.41) is 29.2. The van der Waals surface area contributed by atoms with Gasteiger partial charge in [0, 0.05) is 38.1 Å². The zero-order valence-electron chi connectivity index (χ0n) is 15.3. The minimum absolute atomic E-state index is 0.444. The second kappa shape index (κ2) is 7.88. The van der Waals surface area contributed by atoms with E-state index in [1.165, 1.54) is 11.9 Å². The molecule has 0 saturated carbocycles. The molecule has 28 heavy (non-hydrogen) atoms. The maximum atomic E-state index is 12.5. The van der Waals surface area contributed by atoms with Crippen LogP contribution in [-0.4, -0.2) is 76.0 Å². The fourth-order valence-electron chi connectivity index (χ4n) is 3.72. The summed E-state index contributed by atoms with van der Waals surface area (Å²) >= 11 is 0. The molecule has 2 fully saturated rings. The molecule has 9 heteroatoms. The highest BCUT2D eigenvalue weighted by atomic mass is 16.6. The van der Waals surface area contributed by atoms with Crippen LogP contribution < -0.4 is 15.5 Å². The number of rotatable bonds is 4. The van der Waals surface area contributed by atoms with Crippen molar-refractivity contribution >= 4 is 11.5 Å². The van der Waals surface area contributed by atoms with E-state index in [2.05, 4.69) is 22.0 Å². The Balaban J connectivity index is 1.45. The van der Waals surface area contributed by atoms with Gasteiger partial charge in [-0.25, -0.2) is 4.79 Å². The Kier molecular flexibility index (Phi) is 5.31. The van der Waals surface area contributed by atoms with Crippen molar-refractivity contribution in [2.45, 2.75) is 24.5 Å². The van der Waals surface area contributed by atoms with Crippen molar-refractivity contribution in [1.29, 1.82) is 0 Å². The molecule has 0 bridgehead atoms. The molecule has 2 aromatic rings. The summed E-state index contributed by atoms with van der Waals surface area (Å²) < 4.78 is 6.55. The number of aliphatic hydroxyl groups is 3. The summed E-state index contributed by atoms with van der Waals surface area (Å²) in [6.45, 7) is 2.67. The maximum Gasteiger partial charge on any atom is 0.351 e. The molecule has 150 valence electrons. The summed E-state index contributed by atoms with van der Waals surface area (Å²) in [5.74, 6) is 0.570. The lowest BCUT2D eigenvalue weighted by molar-refractivity contribution is -0.0549. The standard InChI is InChI=1S/C19H24N4O5/c24-12-14-16(25)17(26)18(28-14)23-7-6-15(20-19(23)27)22-10-8-21(9-11-22)13-4-2-1-3-5-13/h1-7,14,16-18,24-26H,8-12H2. The number of hydrogen-bond acceptors (Lipinski definition) is 8. The Morgan fingerprint density at radius 2 is 1.68 bits per heavy atom. The van der Waals surface area contributed by atoms with Crippen molar-refractivity contribution < 1.29 is 20.1 Å². The number of piperazine rings is 1. The van der Waals surface area contributed by atoms with Crippen molar-refractivity contribution in [3.63, 3.8) is 0 Å². The lowest BCUT2D eigenvalue weighted by Crippen LogP contribution is -2.47. The Bertz CT molecular complexity index is 853. The second-order valence-electron chi connectivity index (χ2n) is 7.01. The van der Waals surface area contributed by atoms with E-state index in [1.54, 1.807) is 6.07 Å². The fourth-order valence-corrected chi connectivity index (χ4v) is 3.72. The topological polar surface area (TPSA) is 111 Å². The molecule has 4 atom stereocenters. The first-order chi connectivity index (χ1) is 13.6. The van der Waals surface area contributed by atoms with Gasteiger partial charge in [0.25, 0.3) is 0 Å². The van der Waals surface area contributed by atoms with Gasteiger partial charge >= 0.3 is 5.69 Å². The monoisotopic (exact) mass is 388 g/mol. The predicted octanol–water partition coefficient (Wildman–Crippen LogP) is -0.819. The fraction of sp³-hybridized carbons (Fsp3) is 0.474. The Morgan fingerprint density at radius 1 is 1.00 bits per heavy atom. The van der Waals surface area contributed by atoms with Crippen molar-refractivity contribution in [2.75, 3.05) is 42.6 Å². The van der Waals surface area contributed by atoms with Crippen molar-refractivity contribution in [3.05, 3.63) is 53.1 Å². The Labute approximate surface area is 162 Å². The van der Waals surface area contributed by atoms with Crippen LogP contribution in [0.25, 0.3) is 0 Å². The summed E-state index contributed by atoms with van der Waals surface area (Å²) in [6.07, 6.45) is -3.06. The molecular formula is C19H24N4O5. The zero-order chi connectivity index (χ0) is 19.7. The number of benzene rings is 1. The van der Waals surface area contributed by atoms with E-state index in [0.29, 0.717) is 5.82 Å². The van der Waals surface area contributed by atoms with Crippen LogP contribution in [0.1, 0.15) is 6.23 Å². The van der Waals surface area contributed by atoms with Crippen LogP contribution in [0.15, 0.2) is 47.4 Å². The highest BCUT2D eigenvalue weighted by Gasteiger charge is 2.43. The molecule has 9 nitrogen and oxygen atoms in total. The lowest BCUT2D eigenvalue weighted by Gasteiger charge is -2.36. The molecule has 3 heterocycles. The van der Waals surface area contributed by atoms with Crippen molar-refractivity contribution in [3.8, 4) is 0 Å². The van der Waals surface area contributed by atoms with Crippen LogP contribution in [0.4, 0.5) is 11.5 Å². The third-order valence-electron chi connectivity index (χ3n) is 5.33. The number of aliphatic hydroxyl groups excluding tert-OH is 3. The molecule has 3 N–H and O–H groups in total. The molecule has 0 amide bonds. The van der Waals surface area contributed by atoms with Crippen LogP contribution in [0.3, 0.4) is 0 Å². The third kappa shape index (κ3) is 3.49. The van der Waals surface area contributed by atoms with Gasteiger partial charge in [-0.15, -0.1) is 0 Å². The van der Waals surface area contributed by atoms with Crippen LogP contribution in [-0.2, 0) is 4.74 Å². The van der Waals surface area contributed by atoms with Gasteiger partial charge in [-0.05, 0) is 18.2 Å². The van der Waals surface area contributed by atoms with Crippen LogP contribution >= 0.6 is 0 Å². The molecule has 1 aromatic carbocycles. The average molecular weight is 388 g/mol. The first kappa shape index (κ1) is 18.9. The molecule has 0 spiro atoms. The third-order valence-corrected chi connectivity index (χ3v) is 5.33. The van der Waals surface area contributed by atoms with Gasteiger partial charge in [-0.3, -0.25) is 4.57 Å². The molecular weight excluding hydrogens is 364 g/mol. The quantitative estimate of drug-likeness (QED) is 0.623. The summed E-state index contributed by atoms with van der Waals surface area (Å²) in [4.78, 5) is 20.9. The van der Waals surface area contributed by atoms with E-state index in [0.717, 1.165) is 30.7 Å². The Hall–Kier alpha value is -2.46. The average Bonchev–Trinajstić information content (AvgIpc) is 3.03. The summed E-state index contributed by atoms with van der Waals surface area (Å²) in [6, 6.07) is 11.9. The van der Waals surface area contributed by atoms with Gasteiger partial charge in [-0.1, -0.05) is 18.2 Å². The van der Waals surface area contributed by atoms with E-state index in [4.69, 9.17) is 4.74 Å². The van der Waals surface area contributed by atoms with Crippen molar-refractivity contribution in [2.24, 2.45) is 0 Å². The molecule has 2 aliphatic heterocycles. The minimum atomic E-state index is -1.31. The normalized spacial score (nSPS) is 28.0. The first-order valence-electron chi connectivity index (χ1n) is 9.35. The van der Waals surface area contributed by atoms with Gasteiger partial charge in [0.1, 0.15) is 24.1 Å². The molecule has 1 aromatic heterocycles. The zero-order valence-corrected chi connectivity index (χ0v) is 15.3. The van der Waals surface area contributed by atoms with Crippen LogP contribution in [0.2, 0.25) is 0 Å². The number of aromatic nitrogens is 2. The van der Waals surface area contributed by atoms with Gasteiger partial charge in [0.2, 0.25) is 0 Å². The predicted molar refractivity (Wildman–Crippen MR) is 102 cm³/mol. The van der Waals surface area contributed by atoms with E-state index in [-0.39, 0.29) is 0 Å². The van der Waals surface area contributed by atoms with E-state index >= 15 is 0 Å². The van der Waals surface area contributed by atoms with Crippen LogP contribution in [0, 0.1) is 0 Å². The molecule has 2 saturated heterocycles. The number of hydrogen-bond donors (Lipinski definition) is 3. The second-order valence-corrected chi connectivity index (χ2v) is 7.01. The van der Waals surface area contributed by atoms with Gasteiger partial charge in [-0.2, -0.15) is 4.98 Å². The number of nitrogens with zero attached hydrogens (tertiary/aromatic N) is 4. The van der Waals surface area contributed by atoms with Crippen LogP contribution in [0.5, 0.6) is 0 Å². The van der Waals surface area contributed by atoms with Gasteiger partial charge in [0.05, 0.1) is 6.61 Å².